The van der Waals surface area contributed by atoms with Crippen LogP contribution in [0.2, 0.25) is 5.02 Å². The third-order valence-corrected chi connectivity index (χ3v) is 5.88. The van der Waals surface area contributed by atoms with E-state index in [1.165, 1.54) is 6.26 Å². The molecule has 2 amide bonds. The molecule has 0 aliphatic carbocycles. The molecule has 11 heteroatoms. The lowest BCUT2D eigenvalue weighted by atomic mass is 10.1. The summed E-state index contributed by atoms with van der Waals surface area (Å²) in [4.78, 5) is 34.1. The van der Waals surface area contributed by atoms with Gasteiger partial charge in [0.15, 0.2) is 5.76 Å². The standard InChI is InChI=1S/C22H18ClNO7S.ClH/c23-15-3-1-2-14(9-15)18(29-10-17-11-30-22(27)31-17)12-28-16-6-4-13(5-7-16)8-19-20(25)24-21(26)32-19;/h1-7,9,11,18-19H,8,10,12H2,(H,24,25,26);1H. The largest absolute Gasteiger partial charge is 0.518 e. The van der Waals surface area contributed by atoms with Crippen LogP contribution >= 0.6 is 35.8 Å². The summed E-state index contributed by atoms with van der Waals surface area (Å²) >= 11 is 7.11. The molecule has 4 rings (SSSR count). The molecule has 1 saturated heterocycles. The Morgan fingerprint density at radius 2 is 1.91 bits per heavy atom. The van der Waals surface area contributed by atoms with Crippen molar-refractivity contribution in [1.29, 1.82) is 0 Å². The molecular formula is C22H19Cl2NO7S. The van der Waals surface area contributed by atoms with Gasteiger partial charge in [-0.2, -0.15) is 0 Å². The van der Waals surface area contributed by atoms with E-state index in [1.54, 1.807) is 24.3 Å². The van der Waals surface area contributed by atoms with Gasteiger partial charge in [-0.25, -0.2) is 4.79 Å². The number of carbonyl (C=O) groups is 2. The van der Waals surface area contributed by atoms with E-state index in [-0.39, 0.29) is 42.5 Å². The maximum Gasteiger partial charge on any atom is 0.518 e. The van der Waals surface area contributed by atoms with Crippen molar-refractivity contribution in [3.05, 3.63) is 87.3 Å². The van der Waals surface area contributed by atoms with Gasteiger partial charge >= 0.3 is 5.82 Å². The number of hydrogen-bond acceptors (Lipinski definition) is 8. The molecule has 0 spiro atoms. The van der Waals surface area contributed by atoms with E-state index in [1.807, 2.05) is 24.3 Å². The number of hydrogen-bond donors (Lipinski definition) is 1. The summed E-state index contributed by atoms with van der Waals surface area (Å²) in [5.41, 5.74) is 1.71. The quantitative estimate of drug-likeness (QED) is 0.446. The number of halogens is 2. The van der Waals surface area contributed by atoms with Crippen molar-refractivity contribution in [2.45, 2.75) is 24.4 Å². The summed E-state index contributed by atoms with van der Waals surface area (Å²) < 4.78 is 21.3. The molecule has 2 unspecified atom stereocenters. The van der Waals surface area contributed by atoms with Crippen LogP contribution in [0.5, 0.6) is 5.75 Å². The van der Waals surface area contributed by atoms with E-state index in [9.17, 15) is 14.4 Å². The van der Waals surface area contributed by atoms with Crippen LogP contribution in [0.1, 0.15) is 23.0 Å². The normalized spacial score (nSPS) is 16.2. The number of ether oxygens (including phenoxy) is 2. The molecule has 3 aromatic rings. The second-order valence-electron chi connectivity index (χ2n) is 6.95. The van der Waals surface area contributed by atoms with E-state index in [2.05, 4.69) is 9.73 Å². The molecule has 0 saturated carbocycles. The van der Waals surface area contributed by atoms with Gasteiger partial charge in [0.1, 0.15) is 31.3 Å². The van der Waals surface area contributed by atoms with Gasteiger partial charge in [0, 0.05) is 5.02 Å². The van der Waals surface area contributed by atoms with Gasteiger partial charge in [-0.1, -0.05) is 47.6 Å². The van der Waals surface area contributed by atoms with Crippen molar-refractivity contribution < 1.29 is 27.9 Å². The molecule has 1 fully saturated rings. The van der Waals surface area contributed by atoms with E-state index >= 15 is 0 Å². The Morgan fingerprint density at radius 3 is 2.55 bits per heavy atom. The first-order chi connectivity index (χ1) is 15.5. The van der Waals surface area contributed by atoms with Crippen molar-refractivity contribution in [3.8, 4) is 5.75 Å². The van der Waals surface area contributed by atoms with Crippen LogP contribution in [-0.2, 0) is 22.6 Å². The number of benzene rings is 2. The summed E-state index contributed by atoms with van der Waals surface area (Å²) in [6.45, 7) is 0.197. The van der Waals surface area contributed by atoms with Crippen molar-refractivity contribution >= 4 is 46.9 Å². The van der Waals surface area contributed by atoms with E-state index in [0.29, 0.717) is 17.2 Å². The molecule has 174 valence electrons. The summed E-state index contributed by atoms with van der Waals surface area (Å²) in [6, 6.07) is 14.5. The molecule has 1 aliphatic heterocycles. The van der Waals surface area contributed by atoms with Crippen LogP contribution in [-0.4, -0.2) is 23.0 Å². The van der Waals surface area contributed by atoms with E-state index in [4.69, 9.17) is 25.5 Å². The highest BCUT2D eigenvalue weighted by atomic mass is 35.5. The average Bonchev–Trinajstić information content (AvgIpc) is 3.33. The zero-order chi connectivity index (χ0) is 22.5. The van der Waals surface area contributed by atoms with E-state index in [0.717, 1.165) is 22.9 Å². The van der Waals surface area contributed by atoms with Crippen molar-refractivity contribution in [2.75, 3.05) is 6.61 Å². The van der Waals surface area contributed by atoms with Gasteiger partial charge in [0.05, 0.1) is 5.25 Å². The maximum absolute atomic E-state index is 11.7. The number of nitrogens with one attached hydrogen (secondary N) is 1. The molecule has 33 heavy (non-hydrogen) atoms. The fraction of sp³-hybridized carbons (Fsp3) is 0.227. The molecule has 0 radical (unpaired) electrons. The number of thioether (sulfide) groups is 1. The number of imide groups is 1. The Bertz CT molecular complexity index is 1160. The summed E-state index contributed by atoms with van der Waals surface area (Å²) in [5.74, 6) is -0.190. The van der Waals surface area contributed by atoms with Crippen LogP contribution in [0.25, 0.3) is 0 Å². The minimum atomic E-state index is -0.794. The SMILES string of the molecule is Cl.O=C1NC(=O)C(Cc2ccc(OCC(OCc3coc(=O)o3)c3cccc(Cl)c3)cc2)S1. The Balaban J connectivity index is 0.00000306. The van der Waals surface area contributed by atoms with Gasteiger partial charge in [0.25, 0.3) is 5.24 Å². The highest BCUT2D eigenvalue weighted by molar-refractivity contribution is 8.15. The lowest BCUT2D eigenvalue weighted by molar-refractivity contribution is -0.118. The monoisotopic (exact) mass is 511 g/mol. The first kappa shape index (κ1) is 24.9. The smallest absolute Gasteiger partial charge is 0.491 e. The first-order valence-electron chi connectivity index (χ1n) is 9.64. The molecule has 2 aromatic carbocycles. The van der Waals surface area contributed by atoms with Gasteiger partial charge < -0.3 is 18.3 Å². The molecule has 2 heterocycles. The van der Waals surface area contributed by atoms with Crippen molar-refractivity contribution in [1.82, 2.24) is 5.32 Å². The summed E-state index contributed by atoms with van der Waals surface area (Å²) in [6.07, 6.45) is 1.17. The third-order valence-electron chi connectivity index (χ3n) is 4.66. The lowest BCUT2D eigenvalue weighted by Crippen LogP contribution is -2.25. The molecular weight excluding hydrogens is 493 g/mol. The van der Waals surface area contributed by atoms with Crippen LogP contribution in [0.3, 0.4) is 0 Å². The molecule has 1 N–H and O–H groups in total. The number of carbonyl (C=O) groups excluding carboxylic acids is 2. The zero-order valence-corrected chi connectivity index (χ0v) is 19.4. The fourth-order valence-corrected chi connectivity index (χ4v) is 4.16. The highest BCUT2D eigenvalue weighted by Crippen LogP contribution is 2.26. The maximum atomic E-state index is 11.7. The lowest BCUT2D eigenvalue weighted by Gasteiger charge is -2.19. The van der Waals surface area contributed by atoms with Crippen molar-refractivity contribution in [3.63, 3.8) is 0 Å². The van der Waals surface area contributed by atoms with Gasteiger partial charge in [-0.3, -0.25) is 14.9 Å². The topological polar surface area (TPSA) is 108 Å². The zero-order valence-electron chi connectivity index (χ0n) is 17.0. The van der Waals surface area contributed by atoms with Crippen LogP contribution < -0.4 is 15.9 Å². The predicted molar refractivity (Wildman–Crippen MR) is 124 cm³/mol. The third kappa shape index (κ3) is 6.88. The molecule has 8 nitrogen and oxygen atoms in total. The van der Waals surface area contributed by atoms with Crippen LogP contribution in [0.4, 0.5) is 4.79 Å². The second kappa shape index (κ2) is 11.4. The van der Waals surface area contributed by atoms with Crippen molar-refractivity contribution in [2.24, 2.45) is 0 Å². The average molecular weight is 512 g/mol. The molecule has 1 aromatic heterocycles. The molecule has 2 atom stereocenters. The second-order valence-corrected chi connectivity index (χ2v) is 8.56. The minimum Gasteiger partial charge on any atom is -0.491 e. The van der Waals surface area contributed by atoms with Gasteiger partial charge in [-0.15, -0.1) is 12.4 Å². The summed E-state index contributed by atoms with van der Waals surface area (Å²) in [7, 11) is 0. The van der Waals surface area contributed by atoms with Crippen LogP contribution in [0, 0.1) is 0 Å². The van der Waals surface area contributed by atoms with Gasteiger partial charge in [0.2, 0.25) is 5.91 Å². The predicted octanol–water partition coefficient (Wildman–Crippen LogP) is 4.54. The number of rotatable bonds is 9. The van der Waals surface area contributed by atoms with Crippen LogP contribution in [0.15, 0.2) is 68.4 Å². The van der Waals surface area contributed by atoms with Gasteiger partial charge in [-0.05, 0) is 41.8 Å². The molecule has 1 aliphatic rings. The minimum absolute atomic E-state index is 0. The summed E-state index contributed by atoms with van der Waals surface area (Å²) in [5, 5.41) is 2.10. The Hall–Kier alpha value is -2.72. The highest BCUT2D eigenvalue weighted by Gasteiger charge is 2.31. The Morgan fingerprint density at radius 1 is 1.12 bits per heavy atom. The molecule has 0 bridgehead atoms. The van der Waals surface area contributed by atoms with E-state index < -0.39 is 17.2 Å². The number of amides is 2. The first-order valence-corrected chi connectivity index (χ1v) is 10.9. The Labute approximate surface area is 204 Å². The Kier molecular flexibility index (Phi) is 8.62. The fourth-order valence-electron chi connectivity index (χ4n) is 3.10.